The Hall–Kier alpha value is -3.22. The fourth-order valence-corrected chi connectivity index (χ4v) is 2.94. The predicted molar refractivity (Wildman–Crippen MR) is 95.2 cm³/mol. The van der Waals surface area contributed by atoms with Crippen LogP contribution in [0, 0.1) is 0 Å². The molecule has 2 aromatic rings. The van der Waals surface area contributed by atoms with E-state index in [9.17, 15) is 8.42 Å². The zero-order valence-electron chi connectivity index (χ0n) is 13.4. The van der Waals surface area contributed by atoms with Crippen LogP contribution < -0.4 is 9.91 Å². The highest BCUT2D eigenvalue weighted by Crippen LogP contribution is 2.30. The lowest BCUT2D eigenvalue weighted by Crippen LogP contribution is -2.44. The maximum Gasteiger partial charge on any atom is 0.296 e. The van der Waals surface area contributed by atoms with E-state index in [1.165, 1.54) is 12.1 Å². The number of rotatable bonds is 3. The fraction of sp³-hybridized carbons (Fsp3) is 0.0714. The van der Waals surface area contributed by atoms with Crippen molar-refractivity contribution in [2.24, 2.45) is 22.1 Å². The lowest BCUT2D eigenvalue weighted by atomic mass is 10.4. The molecule has 2 aliphatic heterocycles. The van der Waals surface area contributed by atoms with Crippen molar-refractivity contribution in [3.8, 4) is 0 Å². The molecule has 0 saturated heterocycles. The second kappa shape index (κ2) is 5.66. The third kappa shape index (κ3) is 2.71. The molecule has 2 aromatic heterocycles. The summed E-state index contributed by atoms with van der Waals surface area (Å²) >= 11 is 0. The Kier molecular flexibility index (Phi) is 3.54. The Morgan fingerprint density at radius 2 is 2.12 bits per heavy atom. The molecular weight excluding hydrogens is 360 g/mol. The highest BCUT2D eigenvalue weighted by molar-refractivity contribution is 7.85. The standard InChI is InChI=1S/C14H12N8O3S/c1-21-9-10(6-17-21)22-5-4-15-8-13(22)19-14(20-22)18-12-3-2-11(7-16-12)26(23,24)25/h2-9H,1H3,(H-,16,18,20,23,24,25)/p+1. The van der Waals surface area contributed by atoms with Crippen LogP contribution in [-0.2, 0) is 17.2 Å². The monoisotopic (exact) mass is 373 g/mol. The van der Waals surface area contributed by atoms with Crippen molar-refractivity contribution in [1.82, 2.24) is 19.4 Å². The summed E-state index contributed by atoms with van der Waals surface area (Å²) in [4.78, 5) is 12.2. The summed E-state index contributed by atoms with van der Waals surface area (Å²) < 4.78 is 32.8. The van der Waals surface area contributed by atoms with Crippen LogP contribution in [0.3, 0.4) is 0 Å². The topological polar surface area (TPSA) is 134 Å². The summed E-state index contributed by atoms with van der Waals surface area (Å²) in [5.74, 6) is 1.16. The first-order valence-electron chi connectivity index (χ1n) is 7.36. The smallest absolute Gasteiger partial charge is 0.296 e. The molecule has 0 aliphatic carbocycles. The van der Waals surface area contributed by atoms with Gasteiger partial charge in [0.25, 0.3) is 21.9 Å². The second-order valence-corrected chi connectivity index (χ2v) is 6.93. The maximum atomic E-state index is 11.1. The summed E-state index contributed by atoms with van der Waals surface area (Å²) in [6, 6.07) is 2.63. The molecule has 0 fully saturated rings. The normalized spacial score (nSPS) is 21.3. The molecule has 26 heavy (non-hydrogen) atoms. The number of hydrogen-bond donors (Lipinski definition) is 2. The third-order valence-corrected chi connectivity index (χ3v) is 4.58. The molecule has 2 N–H and O–H groups in total. The molecular formula is C14H13N8O3S+. The average Bonchev–Trinajstić information content (AvgIpc) is 3.18. The summed E-state index contributed by atoms with van der Waals surface area (Å²) in [6.07, 6.45) is 9.53. The van der Waals surface area contributed by atoms with Gasteiger partial charge in [0.1, 0.15) is 23.1 Å². The van der Waals surface area contributed by atoms with Crippen LogP contribution in [0.1, 0.15) is 0 Å². The van der Waals surface area contributed by atoms with Gasteiger partial charge in [0.2, 0.25) is 5.69 Å². The number of guanidine groups is 1. The molecule has 0 radical (unpaired) electrons. The maximum absolute atomic E-state index is 11.1. The molecule has 4 rings (SSSR count). The number of pyridine rings is 1. The van der Waals surface area contributed by atoms with Crippen molar-refractivity contribution in [1.29, 1.82) is 0 Å². The number of hydrogen-bond acceptors (Lipinski definition) is 8. The van der Waals surface area contributed by atoms with Gasteiger partial charge in [-0.1, -0.05) is 4.59 Å². The van der Waals surface area contributed by atoms with Crippen LogP contribution in [0.25, 0.3) is 0 Å². The molecule has 11 nitrogen and oxygen atoms in total. The largest absolute Gasteiger partial charge is 0.304 e. The molecule has 0 aromatic carbocycles. The Balaban J connectivity index is 1.67. The third-order valence-electron chi connectivity index (χ3n) is 3.74. The Morgan fingerprint density at radius 1 is 1.27 bits per heavy atom. The van der Waals surface area contributed by atoms with Crippen LogP contribution in [0.15, 0.2) is 63.1 Å². The van der Waals surface area contributed by atoms with Crippen molar-refractivity contribution in [2.45, 2.75) is 4.90 Å². The van der Waals surface area contributed by atoms with E-state index in [0.717, 1.165) is 11.9 Å². The van der Waals surface area contributed by atoms with Crippen LogP contribution in [0.5, 0.6) is 0 Å². The second-order valence-electron chi connectivity index (χ2n) is 5.51. The summed E-state index contributed by atoms with van der Waals surface area (Å²) in [7, 11) is -2.49. The van der Waals surface area contributed by atoms with E-state index < -0.39 is 10.1 Å². The zero-order chi connectivity index (χ0) is 18.4. The van der Waals surface area contributed by atoms with E-state index in [1.807, 2.05) is 6.20 Å². The van der Waals surface area contributed by atoms with Gasteiger partial charge in [-0.05, 0) is 17.2 Å². The summed E-state index contributed by atoms with van der Waals surface area (Å²) in [5.41, 5.74) is 0.778. The van der Waals surface area contributed by atoms with Gasteiger partial charge in [-0.15, -0.1) is 0 Å². The van der Waals surface area contributed by atoms with E-state index >= 15 is 0 Å². The van der Waals surface area contributed by atoms with Gasteiger partial charge in [-0.3, -0.25) is 14.2 Å². The Bertz CT molecular complexity index is 1100. The van der Waals surface area contributed by atoms with Crippen molar-refractivity contribution in [2.75, 3.05) is 5.32 Å². The number of amidine groups is 1. The van der Waals surface area contributed by atoms with E-state index in [0.29, 0.717) is 11.7 Å². The van der Waals surface area contributed by atoms with E-state index in [-0.39, 0.29) is 15.4 Å². The lowest BCUT2D eigenvalue weighted by Gasteiger charge is -2.21. The van der Waals surface area contributed by atoms with Gasteiger partial charge in [0, 0.05) is 7.05 Å². The first-order valence-corrected chi connectivity index (χ1v) is 8.80. The van der Waals surface area contributed by atoms with E-state index in [4.69, 9.17) is 4.55 Å². The summed E-state index contributed by atoms with van der Waals surface area (Å²) in [6.45, 7) is 0. The van der Waals surface area contributed by atoms with E-state index in [1.54, 1.807) is 36.5 Å². The number of fused-ring (bicyclic) bond motifs is 1. The minimum atomic E-state index is -4.29. The van der Waals surface area contributed by atoms with Crippen molar-refractivity contribution < 1.29 is 13.0 Å². The van der Waals surface area contributed by atoms with Crippen molar-refractivity contribution in [3.63, 3.8) is 0 Å². The minimum absolute atomic E-state index is 0.0250. The highest BCUT2D eigenvalue weighted by atomic mass is 32.2. The van der Waals surface area contributed by atoms with Crippen molar-refractivity contribution >= 4 is 39.6 Å². The molecule has 0 spiro atoms. The zero-order valence-corrected chi connectivity index (χ0v) is 14.2. The minimum Gasteiger partial charge on any atom is -0.304 e. The highest BCUT2D eigenvalue weighted by Gasteiger charge is 2.43. The first-order chi connectivity index (χ1) is 12.4. The van der Waals surface area contributed by atoms with Gasteiger partial charge in [0.15, 0.2) is 6.20 Å². The Morgan fingerprint density at radius 3 is 2.77 bits per heavy atom. The number of aromatic nitrogens is 3. The molecule has 4 heterocycles. The Labute approximate surface area is 148 Å². The number of aryl methyl sites for hydroxylation is 1. The van der Waals surface area contributed by atoms with Crippen LogP contribution in [0.4, 0.5) is 11.5 Å². The molecule has 1 unspecified atom stereocenters. The number of nitrogens with one attached hydrogen (secondary N) is 1. The number of aliphatic imine (C=N–C) groups is 2. The summed E-state index contributed by atoms with van der Waals surface area (Å²) in [5, 5.41) is 11.7. The first kappa shape index (κ1) is 16.3. The predicted octanol–water partition coefficient (Wildman–Crippen LogP) is 0.720. The fourth-order valence-electron chi connectivity index (χ4n) is 2.51. The molecule has 12 heteroatoms. The van der Waals surface area contributed by atoms with Gasteiger partial charge in [0.05, 0.1) is 18.6 Å². The number of quaternary nitrogens is 1. The quantitative estimate of drug-likeness (QED) is 0.601. The molecule has 1 atom stereocenters. The number of nitrogens with zero attached hydrogens (tertiary/aromatic N) is 7. The van der Waals surface area contributed by atoms with Crippen molar-refractivity contribution in [3.05, 3.63) is 43.1 Å². The number of anilines is 1. The molecule has 0 amide bonds. The van der Waals surface area contributed by atoms with E-state index in [2.05, 4.69) is 30.5 Å². The van der Waals surface area contributed by atoms with Crippen LogP contribution in [0.2, 0.25) is 0 Å². The van der Waals surface area contributed by atoms with Gasteiger partial charge >= 0.3 is 0 Å². The molecule has 132 valence electrons. The van der Waals surface area contributed by atoms with Gasteiger partial charge in [-0.2, -0.15) is 18.5 Å². The molecule has 0 saturated carbocycles. The molecule has 2 aliphatic rings. The van der Waals surface area contributed by atoms with Crippen LogP contribution in [-0.4, -0.2) is 45.7 Å². The van der Waals surface area contributed by atoms with Crippen LogP contribution >= 0.6 is 0 Å². The average molecular weight is 373 g/mol. The molecule has 0 bridgehead atoms. The van der Waals surface area contributed by atoms with Gasteiger partial charge in [-0.25, -0.2) is 4.98 Å². The SMILES string of the molecule is Cn1cc([N+]23C=CN=CC2=NC(Nc2ccc(S(=O)(=O)O)cn2)=N3)cn1. The lowest BCUT2D eigenvalue weighted by molar-refractivity contribution is 0.483. The van der Waals surface area contributed by atoms with Gasteiger partial charge < -0.3 is 5.32 Å².